The van der Waals surface area contributed by atoms with Crippen LogP contribution in [0.1, 0.15) is 11.1 Å². The second-order valence-electron chi connectivity index (χ2n) is 5.55. The number of thioether (sulfide) groups is 1. The number of rotatable bonds is 5. The zero-order valence-corrected chi connectivity index (χ0v) is 15.2. The van der Waals surface area contributed by atoms with Gasteiger partial charge in [-0.1, -0.05) is 60.1 Å². The maximum absolute atomic E-state index is 12.4. The summed E-state index contributed by atoms with van der Waals surface area (Å²) in [4.78, 5) is 37.8. The van der Waals surface area contributed by atoms with E-state index >= 15 is 0 Å². The van der Waals surface area contributed by atoms with E-state index in [0.717, 1.165) is 27.8 Å². The highest BCUT2D eigenvalue weighted by Crippen LogP contribution is 2.31. The minimum absolute atomic E-state index is 0.231. The Kier molecular flexibility index (Phi) is 5.75. The molecule has 0 aromatic heterocycles. The average Bonchev–Trinajstić information content (AvgIpc) is 2.89. The van der Waals surface area contributed by atoms with Gasteiger partial charge in [-0.15, -0.1) is 0 Å². The van der Waals surface area contributed by atoms with E-state index in [-0.39, 0.29) is 13.1 Å². The van der Waals surface area contributed by atoms with Gasteiger partial charge in [0.25, 0.3) is 11.1 Å². The van der Waals surface area contributed by atoms with Gasteiger partial charge in [0.1, 0.15) is 6.54 Å². The summed E-state index contributed by atoms with van der Waals surface area (Å²) in [6.45, 7) is -0.0875. The molecule has 7 heteroatoms. The molecule has 0 spiro atoms. The first kappa shape index (κ1) is 18.2. The van der Waals surface area contributed by atoms with Gasteiger partial charge < -0.3 is 5.32 Å². The van der Waals surface area contributed by atoms with Crippen molar-refractivity contribution in [3.63, 3.8) is 0 Å². The molecule has 1 aliphatic rings. The third kappa shape index (κ3) is 4.33. The molecule has 0 unspecified atom stereocenters. The lowest BCUT2D eigenvalue weighted by molar-refractivity contribution is -0.129. The molecular formula is C19H15ClN2O3S. The Hall–Kier alpha value is -2.57. The van der Waals surface area contributed by atoms with E-state index in [9.17, 15) is 14.4 Å². The molecule has 0 bridgehead atoms. The van der Waals surface area contributed by atoms with Gasteiger partial charge in [0.2, 0.25) is 5.91 Å². The van der Waals surface area contributed by atoms with Crippen molar-refractivity contribution in [3.8, 4) is 0 Å². The maximum atomic E-state index is 12.4. The van der Waals surface area contributed by atoms with E-state index < -0.39 is 17.1 Å². The van der Waals surface area contributed by atoms with E-state index in [1.807, 2.05) is 36.4 Å². The summed E-state index contributed by atoms with van der Waals surface area (Å²) in [6.07, 6.45) is 1.65. The van der Waals surface area contributed by atoms with Crippen molar-refractivity contribution in [2.75, 3.05) is 6.54 Å². The zero-order chi connectivity index (χ0) is 18.5. The number of hydrogen-bond acceptors (Lipinski definition) is 4. The van der Waals surface area contributed by atoms with Gasteiger partial charge in [-0.05, 0) is 35.0 Å². The Morgan fingerprint density at radius 1 is 1.08 bits per heavy atom. The van der Waals surface area contributed by atoms with Crippen LogP contribution in [0.2, 0.25) is 5.02 Å². The van der Waals surface area contributed by atoms with Gasteiger partial charge in [-0.2, -0.15) is 0 Å². The molecule has 3 amide bonds. The highest BCUT2D eigenvalue weighted by atomic mass is 35.5. The lowest BCUT2D eigenvalue weighted by Crippen LogP contribution is -2.39. The lowest BCUT2D eigenvalue weighted by atomic mass is 10.2. The first-order chi connectivity index (χ1) is 12.5. The summed E-state index contributed by atoms with van der Waals surface area (Å²) in [5.41, 5.74) is 1.59. The summed E-state index contributed by atoms with van der Waals surface area (Å²) in [5.74, 6) is -0.884. The monoisotopic (exact) mass is 386 g/mol. The highest BCUT2D eigenvalue weighted by molar-refractivity contribution is 8.18. The van der Waals surface area contributed by atoms with Crippen molar-refractivity contribution in [2.24, 2.45) is 0 Å². The molecular weight excluding hydrogens is 372 g/mol. The molecule has 0 aliphatic carbocycles. The fraction of sp³-hybridized carbons (Fsp3) is 0.105. The predicted molar refractivity (Wildman–Crippen MR) is 102 cm³/mol. The van der Waals surface area contributed by atoms with Crippen LogP contribution in [0, 0.1) is 0 Å². The predicted octanol–water partition coefficient (Wildman–Crippen LogP) is 3.69. The summed E-state index contributed by atoms with van der Waals surface area (Å²) in [5, 5.41) is 2.77. The summed E-state index contributed by atoms with van der Waals surface area (Å²) < 4.78 is 0. The van der Waals surface area contributed by atoms with Crippen molar-refractivity contribution in [3.05, 3.63) is 75.7 Å². The van der Waals surface area contributed by atoms with Crippen LogP contribution in [0.25, 0.3) is 6.08 Å². The third-order valence-electron chi connectivity index (χ3n) is 3.71. The number of nitrogens with zero attached hydrogens (tertiary/aromatic N) is 1. The van der Waals surface area contributed by atoms with Gasteiger partial charge in [-0.3, -0.25) is 19.3 Å². The number of benzene rings is 2. The molecule has 2 aromatic carbocycles. The van der Waals surface area contributed by atoms with Crippen molar-refractivity contribution in [1.82, 2.24) is 10.2 Å². The van der Waals surface area contributed by atoms with E-state index in [1.54, 1.807) is 24.3 Å². The number of carbonyl (C=O) groups is 3. The van der Waals surface area contributed by atoms with Crippen molar-refractivity contribution < 1.29 is 14.4 Å². The van der Waals surface area contributed by atoms with Crippen molar-refractivity contribution in [2.45, 2.75) is 6.54 Å². The minimum Gasteiger partial charge on any atom is -0.350 e. The quantitative estimate of drug-likeness (QED) is 0.796. The Morgan fingerprint density at radius 2 is 1.77 bits per heavy atom. The molecule has 3 rings (SSSR count). The normalized spacial score (nSPS) is 15.6. The van der Waals surface area contributed by atoms with Gasteiger partial charge in [-0.25, -0.2) is 0 Å². The molecule has 1 N–H and O–H groups in total. The second kappa shape index (κ2) is 8.21. The van der Waals surface area contributed by atoms with Crippen molar-refractivity contribution >= 4 is 46.5 Å². The van der Waals surface area contributed by atoms with Crippen LogP contribution in [0.15, 0.2) is 59.5 Å². The van der Waals surface area contributed by atoms with Crippen LogP contribution in [0.5, 0.6) is 0 Å². The summed E-state index contributed by atoms with van der Waals surface area (Å²) in [6, 6.07) is 16.4. The van der Waals surface area contributed by atoms with Gasteiger partial charge in [0.05, 0.1) is 4.91 Å². The molecule has 1 fully saturated rings. The van der Waals surface area contributed by atoms with Crippen LogP contribution in [0.3, 0.4) is 0 Å². The minimum atomic E-state index is -0.461. The van der Waals surface area contributed by atoms with E-state index in [4.69, 9.17) is 11.6 Å². The average molecular weight is 387 g/mol. The second-order valence-corrected chi connectivity index (χ2v) is 6.95. The molecule has 26 heavy (non-hydrogen) atoms. The summed E-state index contributed by atoms with van der Waals surface area (Å²) >= 11 is 6.87. The molecule has 0 atom stereocenters. The van der Waals surface area contributed by atoms with Gasteiger partial charge in [0.15, 0.2) is 0 Å². The topological polar surface area (TPSA) is 66.5 Å². The number of carbonyl (C=O) groups excluding carboxylic acids is 3. The van der Waals surface area contributed by atoms with E-state index in [1.165, 1.54) is 0 Å². The largest absolute Gasteiger partial charge is 0.350 e. The van der Waals surface area contributed by atoms with E-state index in [2.05, 4.69) is 5.32 Å². The molecule has 0 saturated carbocycles. The molecule has 2 aromatic rings. The Labute approximate surface area is 160 Å². The fourth-order valence-electron chi connectivity index (χ4n) is 2.37. The first-order valence-electron chi connectivity index (χ1n) is 7.85. The molecule has 1 aliphatic heterocycles. The zero-order valence-electron chi connectivity index (χ0n) is 13.6. The van der Waals surface area contributed by atoms with Crippen LogP contribution >= 0.6 is 23.4 Å². The van der Waals surface area contributed by atoms with Crippen LogP contribution in [-0.2, 0) is 16.1 Å². The van der Waals surface area contributed by atoms with Crippen LogP contribution in [0.4, 0.5) is 4.79 Å². The Balaban J connectivity index is 1.62. The lowest BCUT2D eigenvalue weighted by Gasteiger charge is -2.12. The van der Waals surface area contributed by atoms with Gasteiger partial charge in [0, 0.05) is 11.6 Å². The molecule has 1 heterocycles. The third-order valence-corrected chi connectivity index (χ3v) is 4.98. The molecule has 0 radical (unpaired) electrons. The van der Waals surface area contributed by atoms with Crippen LogP contribution in [-0.4, -0.2) is 28.5 Å². The Morgan fingerprint density at radius 3 is 2.50 bits per heavy atom. The molecule has 5 nitrogen and oxygen atoms in total. The van der Waals surface area contributed by atoms with Gasteiger partial charge >= 0.3 is 0 Å². The molecule has 1 saturated heterocycles. The SMILES string of the molecule is O=C(CN1C(=O)S/C(=C/c2ccccc2)C1=O)NCc1ccccc1Cl. The highest BCUT2D eigenvalue weighted by Gasteiger charge is 2.36. The van der Waals surface area contributed by atoms with Crippen LogP contribution < -0.4 is 5.32 Å². The smallest absolute Gasteiger partial charge is 0.294 e. The fourth-order valence-corrected chi connectivity index (χ4v) is 3.41. The number of halogens is 1. The molecule has 132 valence electrons. The number of imide groups is 1. The summed E-state index contributed by atoms with van der Waals surface area (Å²) in [7, 11) is 0. The number of hydrogen-bond donors (Lipinski definition) is 1. The first-order valence-corrected chi connectivity index (χ1v) is 9.04. The maximum Gasteiger partial charge on any atom is 0.294 e. The Bertz CT molecular complexity index is 883. The number of amides is 3. The van der Waals surface area contributed by atoms with Crippen molar-refractivity contribution in [1.29, 1.82) is 0 Å². The standard InChI is InChI=1S/C19H15ClN2O3S/c20-15-9-5-4-8-14(15)11-21-17(23)12-22-18(24)16(26-19(22)25)10-13-6-2-1-3-7-13/h1-10H,11-12H2,(H,21,23)/b16-10+. The number of nitrogens with one attached hydrogen (secondary N) is 1. The van der Waals surface area contributed by atoms with E-state index in [0.29, 0.717) is 9.93 Å².